The molecule has 0 saturated carbocycles. The minimum Gasteiger partial charge on any atom is -0.507 e. The van der Waals surface area contributed by atoms with Crippen LogP contribution in [0.25, 0.3) is 10.8 Å². The summed E-state index contributed by atoms with van der Waals surface area (Å²) in [5.74, 6) is 0.885. The Bertz CT molecular complexity index is 1600. The Kier molecular flexibility index (Phi) is 8.24. The zero-order valence-electron chi connectivity index (χ0n) is 22.5. The van der Waals surface area contributed by atoms with Crippen LogP contribution >= 0.6 is 0 Å². The molecule has 0 spiro atoms. The molecule has 2 amide bonds. The SMILES string of the molecule is C[C@H](CC/C=C/C(=O)Nc1ccccc1N)[C@@H](OC(=O)Nc1ccc2c(c1)OCO2)c1ccc(O)c2ccccc12. The van der Waals surface area contributed by atoms with Gasteiger partial charge < -0.3 is 30.4 Å². The minimum atomic E-state index is -0.638. The van der Waals surface area contributed by atoms with E-state index in [2.05, 4.69) is 10.6 Å². The topological polar surface area (TPSA) is 132 Å². The normalized spacial score (nSPS) is 13.6. The summed E-state index contributed by atoms with van der Waals surface area (Å²) in [5.41, 5.74) is 8.22. The largest absolute Gasteiger partial charge is 0.507 e. The van der Waals surface area contributed by atoms with Crippen molar-refractivity contribution in [1.29, 1.82) is 0 Å². The van der Waals surface area contributed by atoms with E-state index in [1.807, 2.05) is 31.2 Å². The van der Waals surface area contributed by atoms with Crippen LogP contribution in [0.1, 0.15) is 31.4 Å². The highest BCUT2D eigenvalue weighted by Gasteiger charge is 2.26. The van der Waals surface area contributed by atoms with E-state index in [1.165, 1.54) is 6.08 Å². The maximum absolute atomic E-state index is 13.1. The van der Waals surface area contributed by atoms with Crippen LogP contribution in [-0.2, 0) is 9.53 Å². The van der Waals surface area contributed by atoms with E-state index in [4.69, 9.17) is 19.9 Å². The lowest BCUT2D eigenvalue weighted by atomic mass is 9.89. The van der Waals surface area contributed by atoms with Crippen molar-refractivity contribution in [2.24, 2.45) is 5.92 Å². The van der Waals surface area contributed by atoms with Crippen molar-refractivity contribution < 1.29 is 28.9 Å². The summed E-state index contributed by atoms with van der Waals surface area (Å²) in [4.78, 5) is 25.5. The van der Waals surface area contributed by atoms with Gasteiger partial charge >= 0.3 is 6.09 Å². The monoisotopic (exact) mass is 553 g/mol. The summed E-state index contributed by atoms with van der Waals surface area (Å²) >= 11 is 0. The van der Waals surface area contributed by atoms with Gasteiger partial charge in [-0.15, -0.1) is 0 Å². The second-order valence-electron chi connectivity index (χ2n) is 9.77. The number of anilines is 3. The van der Waals surface area contributed by atoms with Crippen LogP contribution in [0.3, 0.4) is 0 Å². The van der Waals surface area contributed by atoms with Gasteiger partial charge in [0.25, 0.3) is 0 Å². The number of para-hydroxylation sites is 2. The Balaban J connectivity index is 1.30. The molecule has 0 aliphatic carbocycles. The maximum Gasteiger partial charge on any atom is 0.412 e. The number of benzene rings is 4. The molecule has 0 fully saturated rings. The van der Waals surface area contributed by atoms with Gasteiger partial charge in [0.15, 0.2) is 11.5 Å². The number of nitrogens with one attached hydrogen (secondary N) is 2. The van der Waals surface area contributed by atoms with Crippen molar-refractivity contribution in [1.82, 2.24) is 0 Å². The number of amides is 2. The standard InChI is InChI=1S/C32H31N3O6/c1-20(8-2-7-13-30(37)35-26-12-6-5-11-25(26)33)31(24-15-16-27(36)23-10-4-3-9-22(23)24)41-32(38)34-21-14-17-28-29(18-21)40-19-39-28/h3-7,9-18,20,31,36H,2,8,19,33H2,1H3,(H,34,38)(H,35,37)/b13-7+/t20-,31-/m1/s1. The lowest BCUT2D eigenvalue weighted by Gasteiger charge is -2.26. The molecule has 1 heterocycles. The fourth-order valence-electron chi connectivity index (χ4n) is 4.76. The van der Waals surface area contributed by atoms with Crippen molar-refractivity contribution in [3.63, 3.8) is 0 Å². The molecule has 210 valence electrons. The Morgan fingerprint density at radius 1 is 0.976 bits per heavy atom. The summed E-state index contributed by atoms with van der Waals surface area (Å²) in [5, 5.41) is 17.4. The van der Waals surface area contributed by atoms with Crippen LogP contribution in [0, 0.1) is 5.92 Å². The van der Waals surface area contributed by atoms with Gasteiger partial charge in [0.1, 0.15) is 11.9 Å². The highest BCUT2D eigenvalue weighted by molar-refractivity contribution is 6.01. The van der Waals surface area contributed by atoms with Gasteiger partial charge in [-0.1, -0.05) is 55.5 Å². The average molecular weight is 554 g/mol. The van der Waals surface area contributed by atoms with Crippen molar-refractivity contribution in [3.05, 3.63) is 96.6 Å². The smallest absolute Gasteiger partial charge is 0.412 e. The Morgan fingerprint density at radius 3 is 2.56 bits per heavy atom. The van der Waals surface area contributed by atoms with Gasteiger partial charge in [-0.05, 0) is 60.6 Å². The number of phenolic OH excluding ortho intramolecular Hbond substituents is 1. The minimum absolute atomic E-state index is 0.132. The quantitative estimate of drug-likeness (QED) is 0.133. The zero-order valence-corrected chi connectivity index (χ0v) is 22.5. The number of aromatic hydroxyl groups is 1. The van der Waals surface area contributed by atoms with E-state index in [9.17, 15) is 14.7 Å². The molecule has 0 saturated heterocycles. The molecule has 0 bridgehead atoms. The molecule has 5 rings (SSSR count). The second kappa shape index (κ2) is 12.3. The molecular formula is C32H31N3O6. The molecular weight excluding hydrogens is 522 g/mol. The van der Waals surface area contributed by atoms with E-state index in [1.54, 1.807) is 60.7 Å². The van der Waals surface area contributed by atoms with Gasteiger partial charge in [0, 0.05) is 22.7 Å². The Hall–Kier alpha value is -5.18. The summed E-state index contributed by atoms with van der Waals surface area (Å²) in [7, 11) is 0. The number of fused-ring (bicyclic) bond motifs is 2. The van der Waals surface area contributed by atoms with Crippen molar-refractivity contribution >= 4 is 39.8 Å². The van der Waals surface area contributed by atoms with E-state index >= 15 is 0 Å². The first kappa shape index (κ1) is 27.4. The van der Waals surface area contributed by atoms with Crippen molar-refractivity contribution in [2.75, 3.05) is 23.2 Å². The molecule has 4 aromatic carbocycles. The maximum atomic E-state index is 13.1. The van der Waals surface area contributed by atoms with Gasteiger partial charge in [-0.2, -0.15) is 0 Å². The fraction of sp³-hybridized carbons (Fsp3) is 0.188. The average Bonchev–Trinajstić information content (AvgIpc) is 3.44. The van der Waals surface area contributed by atoms with Crippen LogP contribution in [0.4, 0.5) is 21.9 Å². The van der Waals surface area contributed by atoms with E-state index in [-0.39, 0.29) is 24.4 Å². The lowest BCUT2D eigenvalue weighted by molar-refractivity contribution is -0.111. The van der Waals surface area contributed by atoms with Crippen LogP contribution in [0.2, 0.25) is 0 Å². The van der Waals surface area contributed by atoms with Crippen molar-refractivity contribution in [2.45, 2.75) is 25.9 Å². The van der Waals surface area contributed by atoms with Crippen LogP contribution in [0.5, 0.6) is 17.2 Å². The first-order valence-corrected chi connectivity index (χ1v) is 13.3. The third-order valence-electron chi connectivity index (χ3n) is 6.89. The van der Waals surface area contributed by atoms with Crippen LogP contribution < -0.4 is 25.8 Å². The summed E-state index contributed by atoms with van der Waals surface area (Å²) in [6.45, 7) is 2.12. The zero-order chi connectivity index (χ0) is 28.8. The Labute approximate surface area is 237 Å². The second-order valence-corrected chi connectivity index (χ2v) is 9.77. The van der Waals surface area contributed by atoms with Gasteiger partial charge in [0.05, 0.1) is 11.4 Å². The van der Waals surface area contributed by atoms with Gasteiger partial charge in [0.2, 0.25) is 12.7 Å². The number of nitrogens with two attached hydrogens (primary N) is 1. The molecule has 9 nitrogen and oxygen atoms in total. The molecule has 5 N–H and O–H groups in total. The number of ether oxygens (including phenoxy) is 3. The number of carbonyl (C=O) groups is 2. The molecule has 1 aliphatic heterocycles. The summed E-state index contributed by atoms with van der Waals surface area (Å²) < 4.78 is 16.8. The number of rotatable bonds is 9. The predicted molar refractivity (Wildman–Crippen MR) is 158 cm³/mol. The lowest BCUT2D eigenvalue weighted by Crippen LogP contribution is -2.22. The van der Waals surface area contributed by atoms with Crippen LogP contribution in [-0.4, -0.2) is 23.9 Å². The summed E-state index contributed by atoms with van der Waals surface area (Å²) in [6, 6.07) is 23.0. The number of phenols is 1. The number of hydrogen-bond donors (Lipinski definition) is 4. The van der Waals surface area contributed by atoms with E-state index in [0.717, 1.165) is 10.9 Å². The highest BCUT2D eigenvalue weighted by atomic mass is 16.7. The molecule has 41 heavy (non-hydrogen) atoms. The first-order chi connectivity index (χ1) is 19.9. The number of carbonyl (C=O) groups excluding carboxylic acids is 2. The third kappa shape index (κ3) is 6.52. The van der Waals surface area contributed by atoms with E-state index in [0.29, 0.717) is 46.8 Å². The Morgan fingerprint density at radius 2 is 1.73 bits per heavy atom. The predicted octanol–water partition coefficient (Wildman–Crippen LogP) is 6.76. The third-order valence-corrected chi connectivity index (χ3v) is 6.89. The molecule has 0 radical (unpaired) electrons. The summed E-state index contributed by atoms with van der Waals surface area (Å²) in [6.07, 6.45) is 3.17. The van der Waals surface area contributed by atoms with E-state index < -0.39 is 12.2 Å². The molecule has 1 aliphatic rings. The number of allylic oxidation sites excluding steroid dienone is 1. The molecule has 2 atom stereocenters. The molecule has 0 aromatic heterocycles. The molecule has 9 heteroatoms. The van der Waals surface area contributed by atoms with Gasteiger partial charge in [-0.25, -0.2) is 4.79 Å². The molecule has 0 unspecified atom stereocenters. The fourth-order valence-corrected chi connectivity index (χ4v) is 4.76. The van der Waals surface area contributed by atoms with Crippen LogP contribution in [0.15, 0.2) is 91.0 Å². The number of nitrogen functional groups attached to an aromatic ring is 1. The van der Waals surface area contributed by atoms with Crippen molar-refractivity contribution in [3.8, 4) is 17.2 Å². The first-order valence-electron chi connectivity index (χ1n) is 13.3. The highest BCUT2D eigenvalue weighted by Crippen LogP contribution is 2.38. The van der Waals surface area contributed by atoms with Gasteiger partial charge in [-0.3, -0.25) is 10.1 Å². The molecule has 4 aromatic rings. The number of hydrogen-bond acceptors (Lipinski definition) is 7.